The van der Waals surface area contributed by atoms with Gasteiger partial charge in [-0.25, -0.2) is 4.57 Å². The van der Waals surface area contributed by atoms with E-state index in [0.717, 1.165) is 28.0 Å². The first-order valence-electron chi connectivity index (χ1n) is 9.43. The maximum Gasteiger partial charge on any atom is 0.228 e. The molecule has 1 aliphatic rings. The summed E-state index contributed by atoms with van der Waals surface area (Å²) in [7, 11) is 0.660. The summed E-state index contributed by atoms with van der Waals surface area (Å²) in [6, 6.07) is 8.89. The molecule has 27 heavy (non-hydrogen) atoms. The van der Waals surface area contributed by atoms with Gasteiger partial charge in [0.05, 0.1) is 25.3 Å². The third kappa shape index (κ3) is 2.16. The summed E-state index contributed by atoms with van der Waals surface area (Å²) in [5.41, 5.74) is 5.61. The van der Waals surface area contributed by atoms with Crippen LogP contribution in [-0.2, 0) is 7.05 Å². The quantitative estimate of drug-likeness (QED) is 0.292. The summed E-state index contributed by atoms with van der Waals surface area (Å²) in [4.78, 5) is 0. The van der Waals surface area contributed by atoms with Crippen LogP contribution in [0.25, 0.3) is 33.0 Å². The standard InChI is InChI=1S/C23H24NO2Si/c1-13-17-8-10-25-22(17)14(2)23-19(13)21-20-15(7-9-24(21)3)11-16(27(4,5)6)12-18(20)26-23/h7-12H,1-6H3/q+1. The lowest BCUT2D eigenvalue weighted by atomic mass is 9.92. The molecule has 1 aliphatic heterocycles. The molecule has 0 atom stereocenters. The Bertz CT molecular complexity index is 1260. The largest absolute Gasteiger partial charge is 0.464 e. The summed E-state index contributed by atoms with van der Waals surface area (Å²) < 4.78 is 14.6. The molecule has 136 valence electrons. The molecule has 3 heterocycles. The van der Waals surface area contributed by atoms with Crippen molar-refractivity contribution in [3.63, 3.8) is 0 Å². The zero-order valence-electron chi connectivity index (χ0n) is 16.7. The van der Waals surface area contributed by atoms with Crippen molar-refractivity contribution in [2.45, 2.75) is 33.5 Å². The molecular formula is C23H24NO2Si+. The predicted octanol–water partition coefficient (Wildman–Crippen LogP) is 5.35. The number of nitrogens with zero attached hydrogens (tertiary/aromatic N) is 1. The second kappa shape index (κ2) is 5.23. The minimum atomic E-state index is -1.46. The van der Waals surface area contributed by atoms with E-state index >= 15 is 0 Å². The molecule has 5 rings (SSSR count). The Morgan fingerprint density at radius 3 is 2.52 bits per heavy atom. The molecule has 4 heteroatoms. The third-order valence-corrected chi connectivity index (χ3v) is 7.89. The minimum absolute atomic E-state index is 0.922. The molecule has 0 bridgehead atoms. The molecule has 3 nitrogen and oxygen atoms in total. The van der Waals surface area contributed by atoms with Crippen LogP contribution in [0.15, 0.2) is 41.1 Å². The van der Waals surface area contributed by atoms with Crippen LogP contribution in [0.5, 0.6) is 11.5 Å². The van der Waals surface area contributed by atoms with Crippen LogP contribution < -0.4 is 14.5 Å². The molecule has 0 unspecified atom stereocenters. The van der Waals surface area contributed by atoms with Crippen LogP contribution in [-0.4, -0.2) is 8.07 Å². The first-order chi connectivity index (χ1) is 12.8. The Morgan fingerprint density at radius 1 is 1.00 bits per heavy atom. The van der Waals surface area contributed by atoms with E-state index in [1.54, 1.807) is 6.26 Å². The number of hydrogen-bond acceptors (Lipinski definition) is 2. The van der Waals surface area contributed by atoms with Gasteiger partial charge in [0.15, 0.2) is 6.20 Å². The fourth-order valence-electron chi connectivity index (χ4n) is 4.29. The van der Waals surface area contributed by atoms with Gasteiger partial charge >= 0.3 is 0 Å². The number of furan rings is 1. The van der Waals surface area contributed by atoms with E-state index in [1.165, 1.54) is 32.8 Å². The van der Waals surface area contributed by atoms with Crippen molar-refractivity contribution < 1.29 is 13.7 Å². The number of aromatic nitrogens is 1. The highest BCUT2D eigenvalue weighted by Gasteiger charge is 2.33. The highest BCUT2D eigenvalue weighted by Crippen LogP contribution is 2.50. The molecule has 0 saturated carbocycles. The van der Waals surface area contributed by atoms with Crippen LogP contribution in [0.1, 0.15) is 11.1 Å². The molecule has 0 amide bonds. The van der Waals surface area contributed by atoms with Gasteiger partial charge in [0.2, 0.25) is 5.69 Å². The van der Waals surface area contributed by atoms with Crippen LogP contribution in [0, 0.1) is 13.8 Å². The van der Waals surface area contributed by atoms with E-state index in [2.05, 4.69) is 75.6 Å². The summed E-state index contributed by atoms with van der Waals surface area (Å²) in [5, 5.41) is 5.04. The van der Waals surface area contributed by atoms with Gasteiger partial charge in [-0.1, -0.05) is 30.9 Å². The number of hydrogen-bond donors (Lipinski definition) is 0. The molecular weight excluding hydrogens is 350 g/mol. The zero-order chi connectivity index (χ0) is 19.1. The average Bonchev–Trinajstić information content (AvgIpc) is 3.11. The van der Waals surface area contributed by atoms with E-state index in [-0.39, 0.29) is 0 Å². The number of pyridine rings is 1. The van der Waals surface area contributed by atoms with Crippen LogP contribution in [0.3, 0.4) is 0 Å². The van der Waals surface area contributed by atoms with E-state index in [0.29, 0.717) is 0 Å². The van der Waals surface area contributed by atoms with Gasteiger partial charge in [-0.15, -0.1) is 0 Å². The van der Waals surface area contributed by atoms with E-state index in [9.17, 15) is 0 Å². The van der Waals surface area contributed by atoms with E-state index in [4.69, 9.17) is 9.15 Å². The van der Waals surface area contributed by atoms with Crippen molar-refractivity contribution in [2.24, 2.45) is 7.05 Å². The zero-order valence-corrected chi connectivity index (χ0v) is 17.7. The smallest absolute Gasteiger partial charge is 0.228 e. The second-order valence-corrected chi connectivity index (χ2v) is 13.8. The molecule has 0 fully saturated rings. The molecule has 2 aromatic carbocycles. The Hall–Kier alpha value is -2.59. The molecule has 0 saturated heterocycles. The van der Waals surface area contributed by atoms with Crippen molar-refractivity contribution in [1.29, 1.82) is 0 Å². The van der Waals surface area contributed by atoms with E-state index < -0.39 is 8.07 Å². The Kier molecular flexibility index (Phi) is 3.21. The first kappa shape index (κ1) is 16.6. The van der Waals surface area contributed by atoms with Gasteiger partial charge in [-0.05, 0) is 36.9 Å². The molecule has 2 aromatic heterocycles. The van der Waals surface area contributed by atoms with Crippen molar-refractivity contribution in [1.82, 2.24) is 0 Å². The fraction of sp³-hybridized carbons (Fsp3) is 0.261. The monoisotopic (exact) mass is 374 g/mol. The highest BCUT2D eigenvalue weighted by molar-refractivity contribution is 6.88. The van der Waals surface area contributed by atoms with Gasteiger partial charge in [-0.3, -0.25) is 0 Å². The second-order valence-electron chi connectivity index (χ2n) is 8.68. The molecule has 0 radical (unpaired) electrons. The number of aryl methyl sites for hydroxylation is 3. The van der Waals surface area contributed by atoms with E-state index in [1.807, 2.05) is 0 Å². The average molecular weight is 375 g/mol. The van der Waals surface area contributed by atoms with Crippen molar-refractivity contribution in [2.75, 3.05) is 0 Å². The fourth-order valence-corrected chi connectivity index (χ4v) is 5.45. The Labute approximate surface area is 160 Å². The molecule has 0 spiro atoms. The van der Waals surface area contributed by atoms with Crippen LogP contribution in [0.4, 0.5) is 0 Å². The van der Waals surface area contributed by atoms with Crippen LogP contribution >= 0.6 is 0 Å². The first-order valence-corrected chi connectivity index (χ1v) is 12.9. The van der Waals surface area contributed by atoms with Gasteiger partial charge in [-0.2, -0.15) is 0 Å². The maximum absolute atomic E-state index is 6.58. The molecule has 4 aromatic rings. The minimum Gasteiger partial charge on any atom is -0.464 e. The summed E-state index contributed by atoms with van der Waals surface area (Å²) in [5.74, 6) is 1.90. The summed E-state index contributed by atoms with van der Waals surface area (Å²) in [6.45, 7) is 11.4. The predicted molar refractivity (Wildman–Crippen MR) is 113 cm³/mol. The van der Waals surface area contributed by atoms with Gasteiger partial charge in [0.1, 0.15) is 24.1 Å². The highest BCUT2D eigenvalue weighted by atomic mass is 28.3. The van der Waals surface area contributed by atoms with Crippen LogP contribution in [0.2, 0.25) is 19.6 Å². The SMILES string of the molecule is Cc1c2c(c(C)c3occc13)Oc1cc([Si](C)(C)C)cc3cc[n+](C)c-2c13. The van der Waals surface area contributed by atoms with Crippen molar-refractivity contribution in [3.8, 4) is 22.8 Å². The topological polar surface area (TPSA) is 26.2 Å². The number of benzene rings is 2. The lowest BCUT2D eigenvalue weighted by molar-refractivity contribution is -0.659. The Morgan fingerprint density at radius 2 is 1.78 bits per heavy atom. The number of rotatable bonds is 1. The number of fused-ring (bicyclic) bond motifs is 3. The summed E-state index contributed by atoms with van der Waals surface area (Å²) in [6.07, 6.45) is 3.94. The lowest BCUT2D eigenvalue weighted by Gasteiger charge is -2.25. The Balaban J connectivity index is 1.97. The van der Waals surface area contributed by atoms with Gasteiger partial charge < -0.3 is 9.15 Å². The third-order valence-electron chi connectivity index (χ3n) is 5.87. The lowest BCUT2D eigenvalue weighted by Crippen LogP contribution is -2.38. The summed E-state index contributed by atoms with van der Waals surface area (Å²) >= 11 is 0. The number of ether oxygens (including phenoxy) is 1. The van der Waals surface area contributed by atoms with Crippen molar-refractivity contribution >= 4 is 35.0 Å². The maximum atomic E-state index is 6.58. The van der Waals surface area contributed by atoms with Gasteiger partial charge in [0, 0.05) is 17.0 Å². The molecule has 0 N–H and O–H groups in total. The van der Waals surface area contributed by atoms with Gasteiger partial charge in [0.25, 0.3) is 0 Å². The normalized spacial score (nSPS) is 13.1. The molecule has 0 aliphatic carbocycles. The van der Waals surface area contributed by atoms with Crippen molar-refractivity contribution in [3.05, 3.63) is 47.9 Å².